The minimum atomic E-state index is -4.68. The van der Waals surface area contributed by atoms with Crippen LogP contribution >= 0.6 is 11.8 Å². The first-order valence-electron chi connectivity index (χ1n) is 10.5. The molecule has 3 N–H and O–H groups in total. The van der Waals surface area contributed by atoms with Crippen LogP contribution in [0.5, 0.6) is 5.75 Å². The van der Waals surface area contributed by atoms with Crippen molar-refractivity contribution in [3.63, 3.8) is 0 Å². The average molecular weight is 524 g/mol. The standard InChI is InChI=1S/C24H21F4N3O4S/c1-35-21-11-17(25)2-3-20(21)19-4-5-29-12-15(19)13-31-22(32)14-8-16(24(26,27)28)10-18(9-14)36-7-6-30-23(33)34/h2-5,8-12,30H,6-7,13H2,1H3,(H,31,32)(H,33,34). The smallest absolute Gasteiger partial charge is 0.416 e. The molecule has 0 atom stereocenters. The molecule has 0 fully saturated rings. The number of aromatic nitrogens is 1. The summed E-state index contributed by atoms with van der Waals surface area (Å²) in [7, 11) is 1.39. The zero-order chi connectivity index (χ0) is 26.3. The molecule has 7 nitrogen and oxygen atoms in total. The molecule has 0 bridgehead atoms. The molecule has 2 aromatic carbocycles. The molecule has 1 heterocycles. The number of carboxylic acid groups (broad SMARTS) is 1. The maximum absolute atomic E-state index is 13.6. The Labute approximate surface area is 207 Å². The van der Waals surface area contributed by atoms with Crippen LogP contribution in [0.4, 0.5) is 22.4 Å². The van der Waals surface area contributed by atoms with Gasteiger partial charge in [0.1, 0.15) is 11.6 Å². The van der Waals surface area contributed by atoms with Crippen molar-refractivity contribution in [3.05, 3.63) is 77.4 Å². The summed E-state index contributed by atoms with van der Waals surface area (Å²) in [5, 5.41) is 13.3. The number of rotatable bonds is 9. The fourth-order valence-electron chi connectivity index (χ4n) is 3.30. The molecule has 0 saturated carbocycles. The molecule has 12 heteroatoms. The quantitative estimate of drug-likeness (QED) is 0.202. The molecule has 3 aromatic rings. The van der Waals surface area contributed by atoms with Crippen LogP contribution in [0.25, 0.3) is 11.1 Å². The Kier molecular flexibility index (Phi) is 8.75. The van der Waals surface area contributed by atoms with Gasteiger partial charge >= 0.3 is 12.3 Å². The number of alkyl halides is 3. The van der Waals surface area contributed by atoms with Crippen molar-refractivity contribution in [1.29, 1.82) is 0 Å². The van der Waals surface area contributed by atoms with Crippen molar-refractivity contribution >= 4 is 23.8 Å². The number of carbonyl (C=O) groups excluding carboxylic acids is 1. The van der Waals surface area contributed by atoms with E-state index in [0.29, 0.717) is 16.7 Å². The van der Waals surface area contributed by atoms with Gasteiger partial charge in [-0.15, -0.1) is 11.8 Å². The second-order valence-corrected chi connectivity index (χ2v) is 8.55. The minimum Gasteiger partial charge on any atom is -0.496 e. The van der Waals surface area contributed by atoms with E-state index >= 15 is 0 Å². The van der Waals surface area contributed by atoms with Gasteiger partial charge in [0.15, 0.2) is 0 Å². The third-order valence-electron chi connectivity index (χ3n) is 4.94. The van der Waals surface area contributed by atoms with Crippen molar-refractivity contribution in [1.82, 2.24) is 15.6 Å². The van der Waals surface area contributed by atoms with Crippen LogP contribution in [-0.4, -0.2) is 41.5 Å². The summed E-state index contributed by atoms with van der Waals surface area (Å²) in [5.74, 6) is -0.789. The maximum Gasteiger partial charge on any atom is 0.416 e. The van der Waals surface area contributed by atoms with Crippen LogP contribution in [0, 0.1) is 5.82 Å². The lowest BCUT2D eigenvalue weighted by Crippen LogP contribution is -2.24. The van der Waals surface area contributed by atoms with Crippen molar-refractivity contribution in [2.24, 2.45) is 0 Å². The van der Waals surface area contributed by atoms with Gasteiger partial charge in [0.25, 0.3) is 5.91 Å². The van der Waals surface area contributed by atoms with E-state index in [-0.39, 0.29) is 35.1 Å². The van der Waals surface area contributed by atoms with E-state index in [1.165, 1.54) is 43.8 Å². The molecule has 0 aliphatic heterocycles. The number of methoxy groups -OCH3 is 1. The number of pyridine rings is 1. The average Bonchev–Trinajstić information content (AvgIpc) is 2.84. The van der Waals surface area contributed by atoms with Crippen LogP contribution in [0.2, 0.25) is 0 Å². The first kappa shape index (κ1) is 26.8. The second-order valence-electron chi connectivity index (χ2n) is 7.38. The summed E-state index contributed by atoms with van der Waals surface area (Å²) in [6, 6.07) is 8.61. The third kappa shape index (κ3) is 7.11. The first-order valence-corrected chi connectivity index (χ1v) is 11.4. The maximum atomic E-state index is 13.6. The summed E-state index contributed by atoms with van der Waals surface area (Å²) in [6.45, 7) is -0.0435. The summed E-state index contributed by atoms with van der Waals surface area (Å²) in [5.41, 5.74) is 0.494. The molecule has 0 spiro atoms. The number of thioether (sulfide) groups is 1. The normalized spacial score (nSPS) is 11.1. The highest BCUT2D eigenvalue weighted by Gasteiger charge is 2.32. The number of carbonyl (C=O) groups is 2. The highest BCUT2D eigenvalue weighted by molar-refractivity contribution is 7.99. The van der Waals surface area contributed by atoms with Crippen molar-refractivity contribution in [2.75, 3.05) is 19.4 Å². The van der Waals surface area contributed by atoms with Gasteiger partial charge < -0.3 is 20.5 Å². The number of benzene rings is 2. The summed E-state index contributed by atoms with van der Waals surface area (Å²) < 4.78 is 59.1. The lowest BCUT2D eigenvalue weighted by molar-refractivity contribution is -0.137. The Morgan fingerprint density at radius 1 is 1.08 bits per heavy atom. The molecule has 3 rings (SSSR count). The molecule has 0 unspecified atom stereocenters. The fraction of sp³-hybridized carbons (Fsp3) is 0.208. The highest BCUT2D eigenvalue weighted by Crippen LogP contribution is 2.34. The Bertz CT molecular complexity index is 1250. The Morgan fingerprint density at radius 2 is 1.86 bits per heavy atom. The van der Waals surface area contributed by atoms with E-state index in [9.17, 15) is 27.2 Å². The zero-order valence-electron chi connectivity index (χ0n) is 18.9. The molecule has 0 aliphatic rings. The Hall–Kier alpha value is -3.80. The number of nitrogens with zero attached hydrogens (tertiary/aromatic N) is 1. The SMILES string of the molecule is COc1cc(F)ccc1-c1ccncc1CNC(=O)c1cc(SCCNC(=O)O)cc(C(F)(F)F)c1. The number of amides is 2. The van der Waals surface area contributed by atoms with Gasteiger partial charge in [-0.05, 0) is 47.5 Å². The summed E-state index contributed by atoms with van der Waals surface area (Å²) in [4.78, 5) is 27.6. The number of hydrogen-bond donors (Lipinski definition) is 3. The molecule has 1 aromatic heterocycles. The topological polar surface area (TPSA) is 101 Å². The van der Waals surface area contributed by atoms with Crippen molar-refractivity contribution in [3.8, 4) is 16.9 Å². The molecular weight excluding hydrogens is 502 g/mol. The molecular formula is C24H21F4N3O4S. The van der Waals surface area contributed by atoms with E-state index < -0.39 is 29.6 Å². The molecule has 190 valence electrons. The van der Waals surface area contributed by atoms with Gasteiger partial charge in [-0.2, -0.15) is 13.2 Å². The van der Waals surface area contributed by atoms with Gasteiger partial charge in [0.05, 0.1) is 12.7 Å². The van der Waals surface area contributed by atoms with Crippen LogP contribution < -0.4 is 15.4 Å². The van der Waals surface area contributed by atoms with Gasteiger partial charge in [-0.25, -0.2) is 9.18 Å². The molecule has 0 aliphatic carbocycles. The fourth-order valence-corrected chi connectivity index (χ4v) is 4.16. The van der Waals surface area contributed by atoms with Gasteiger partial charge in [-0.3, -0.25) is 9.78 Å². The lowest BCUT2D eigenvalue weighted by atomic mass is 10.0. The highest BCUT2D eigenvalue weighted by atomic mass is 32.2. The minimum absolute atomic E-state index is 0.0222. The van der Waals surface area contributed by atoms with E-state index in [4.69, 9.17) is 9.84 Å². The number of halogens is 4. The van der Waals surface area contributed by atoms with E-state index in [1.807, 2.05) is 0 Å². The Morgan fingerprint density at radius 3 is 2.56 bits per heavy atom. The lowest BCUT2D eigenvalue weighted by Gasteiger charge is -2.15. The second kappa shape index (κ2) is 11.8. The molecule has 2 amide bonds. The zero-order valence-corrected chi connectivity index (χ0v) is 19.7. The van der Waals surface area contributed by atoms with Crippen molar-refractivity contribution in [2.45, 2.75) is 17.6 Å². The third-order valence-corrected chi connectivity index (χ3v) is 5.92. The predicted molar refractivity (Wildman–Crippen MR) is 126 cm³/mol. The van der Waals surface area contributed by atoms with Crippen LogP contribution in [-0.2, 0) is 12.7 Å². The summed E-state index contributed by atoms with van der Waals surface area (Å²) >= 11 is 0.983. The predicted octanol–water partition coefficient (Wildman–Crippen LogP) is 5.20. The van der Waals surface area contributed by atoms with Crippen molar-refractivity contribution < 1.29 is 37.0 Å². The van der Waals surface area contributed by atoms with E-state index in [1.54, 1.807) is 6.07 Å². The molecule has 0 radical (unpaired) electrons. The Balaban J connectivity index is 1.81. The van der Waals surface area contributed by atoms with Crippen LogP contribution in [0.3, 0.4) is 0 Å². The number of nitrogens with one attached hydrogen (secondary N) is 2. The first-order chi connectivity index (χ1) is 17.1. The van der Waals surface area contributed by atoms with E-state index in [2.05, 4.69) is 15.6 Å². The van der Waals surface area contributed by atoms with Crippen LogP contribution in [0.15, 0.2) is 59.8 Å². The van der Waals surface area contributed by atoms with E-state index in [0.717, 1.165) is 23.9 Å². The van der Waals surface area contributed by atoms with Gasteiger partial charge in [0.2, 0.25) is 0 Å². The molecule has 36 heavy (non-hydrogen) atoms. The number of ether oxygens (including phenoxy) is 1. The van der Waals surface area contributed by atoms with Gasteiger partial charge in [-0.1, -0.05) is 0 Å². The van der Waals surface area contributed by atoms with Crippen LogP contribution in [0.1, 0.15) is 21.5 Å². The molecule has 0 saturated heterocycles. The number of hydrogen-bond acceptors (Lipinski definition) is 5. The van der Waals surface area contributed by atoms with Gasteiger partial charge in [0, 0.05) is 53.3 Å². The monoisotopic (exact) mass is 523 g/mol. The summed E-state index contributed by atoms with van der Waals surface area (Å²) in [6.07, 6.45) is -2.92. The largest absolute Gasteiger partial charge is 0.496 e.